The SMILES string of the molecule is CB1OB(C)OB(C)O1.CCCC1(C(=O)c2cc(Cl)c(C)s2)CCN(C(=O)OC(C)(C)C)C1.CCCC1(C(=O)c2cc(Cl)c(C)s2)CCNC1.CCCC1(C(=O)c2cc(Cl)c(Cl)s2)CCN(C(=O)OC(C)(C)C)C1.CCCC1(C(O)c2cc(Cl)c(Cl)s2)CCN(C(=O)OC(C)(C)C)C1.CCCC1(C=O)CCN(C(=O)OC(C)(C)C)C1.Cl.Clc1ccsc1Cl.[O]=[Mn]=[O]. The number of amides is 4. The number of nitrogens with one attached hydrogen (secondary N) is 1. The number of ether oxygens (including phenoxy) is 4. The van der Waals surface area contributed by atoms with Crippen LogP contribution in [0.15, 0.2) is 35.7 Å². The maximum atomic E-state index is 13.2. The van der Waals surface area contributed by atoms with Crippen LogP contribution >= 0.6 is 162 Å². The molecule has 5 aromatic rings. The number of Topliss-reactive ketones (excluding diaryl/α,β-unsaturated/α-hetero) is 3. The van der Waals surface area contributed by atoms with Crippen molar-refractivity contribution in [3.05, 3.63) is 103 Å². The first kappa shape index (κ1) is 117. The zero-order chi connectivity index (χ0) is 94.8. The molecule has 0 saturated carbocycles. The second-order valence-corrected chi connectivity index (χ2v) is 45.7. The van der Waals surface area contributed by atoms with Crippen molar-refractivity contribution in [2.75, 3.05) is 65.4 Å². The van der Waals surface area contributed by atoms with Crippen LogP contribution in [0.4, 0.5) is 19.2 Å². The number of carbonyl (C=O) groups excluding carboxylic acids is 8. The Morgan fingerprint density at radius 3 is 1.14 bits per heavy atom. The molecular weight excluding hydrogens is 1950 g/mol. The van der Waals surface area contributed by atoms with E-state index >= 15 is 0 Å². The number of aldehydes is 1. The first-order valence-corrected chi connectivity index (χ1v) is 50.2. The van der Waals surface area contributed by atoms with Gasteiger partial charge in [-0.05, 0) is 224 Å². The van der Waals surface area contributed by atoms with Crippen LogP contribution < -0.4 is 5.32 Å². The van der Waals surface area contributed by atoms with Gasteiger partial charge in [-0.1, -0.05) is 160 Å². The number of carbonyl (C=O) groups is 8. The second kappa shape index (κ2) is 52.7. The fraction of sp³-hybridized carbons (Fsp3) is 0.671. The van der Waals surface area contributed by atoms with Gasteiger partial charge in [0.2, 0.25) is 0 Å². The standard InChI is InChI=1S/C18H26ClNO3S.C17H25Cl2NO3S.C17H23Cl2NO3S.C13H18ClNOS.C13H23NO3.C4H2Cl2S.C3H9B3O3.ClH.Mn.2O/c1-6-7-18(15(21)14-10-13(19)12(2)24-14)8-9-20(11-18)16(22)23-17(3,4)5;2*1-5-6-17(13(21)12-9-11(18)14(19)24-12)7-8-20(10-17)15(22)23-16(2,3)4;1-3-4-13(5-6-15-8-13)12(16)11-7-10(14)9(2)17-11;1-5-6-13(10-15)7-8-14(9-13)11(16)17-12(2,3)4;5-3-1-2-7-4(3)6;1-4-7-5(2)9-6(3)8-4;;;;/h10H,6-9,11H2,1-5H3;9,13,21H,5-8,10H2,1-4H3;9H,5-8,10H2,1-4H3;7,15H,3-6,8H2,1-2H3;10H,5-9H2,1-4H3;1-2H;1-3H3;1H;;;. The molecule has 4 amide bonds. The minimum atomic E-state index is -1.44. The number of rotatable bonds is 19. The van der Waals surface area contributed by atoms with Crippen LogP contribution in [0.25, 0.3) is 0 Å². The number of thiophene rings is 5. The first-order valence-electron chi connectivity index (χ1n) is 42.1. The van der Waals surface area contributed by atoms with E-state index in [0.29, 0.717) is 108 Å². The average Bonchev–Trinajstić information content (AvgIpc) is 1.63. The van der Waals surface area contributed by atoms with Crippen molar-refractivity contribution in [1.82, 2.24) is 24.9 Å². The second-order valence-electron chi connectivity index (χ2n) is 36.1. The molecule has 6 fully saturated rings. The zero-order valence-electron chi connectivity index (χ0n) is 76.6. The molecule has 23 nitrogen and oxygen atoms in total. The van der Waals surface area contributed by atoms with Crippen molar-refractivity contribution < 1.29 is 98.6 Å². The molecule has 6 atom stereocenters. The van der Waals surface area contributed by atoms with Crippen molar-refractivity contribution in [1.29, 1.82) is 0 Å². The predicted octanol–water partition coefficient (Wildman–Crippen LogP) is 26.4. The summed E-state index contributed by atoms with van der Waals surface area (Å²) in [5, 5.41) is 19.0. The van der Waals surface area contributed by atoms with Gasteiger partial charge in [0.1, 0.15) is 41.7 Å². The molecule has 11 heterocycles. The Kier molecular flexibility index (Phi) is 49.0. The van der Waals surface area contributed by atoms with Gasteiger partial charge in [-0.3, -0.25) is 14.4 Å². The summed E-state index contributed by atoms with van der Waals surface area (Å²) in [6.07, 6.45) is 11.5. The molecule has 6 saturated heterocycles. The predicted molar refractivity (Wildman–Crippen MR) is 516 cm³/mol. The van der Waals surface area contributed by atoms with Crippen molar-refractivity contribution in [3.8, 4) is 0 Å². The number of hydrogen-bond acceptors (Lipinski definition) is 24. The summed E-state index contributed by atoms with van der Waals surface area (Å²) >= 11 is 52.7. The number of aliphatic hydroxyl groups is 1. The molecule has 2 N–H and O–H groups in total. The summed E-state index contributed by atoms with van der Waals surface area (Å²) in [5.41, 5.74) is -4.10. The first-order chi connectivity index (χ1) is 58.0. The molecule has 126 heavy (non-hydrogen) atoms. The molecule has 0 aromatic carbocycles. The Hall–Kier alpha value is -3.02. The van der Waals surface area contributed by atoms with Crippen LogP contribution in [0.1, 0.15) is 264 Å². The number of hydrogen-bond donors (Lipinski definition) is 2. The third kappa shape index (κ3) is 36.3. The normalized spacial score (nSPS) is 21.1. The van der Waals surface area contributed by atoms with Crippen LogP contribution in [0, 0.1) is 40.9 Å². The molecule has 41 heteroatoms. The summed E-state index contributed by atoms with van der Waals surface area (Å²) in [5.74, 6) is 0.411. The van der Waals surface area contributed by atoms with E-state index < -0.39 is 54.2 Å². The van der Waals surface area contributed by atoms with Crippen LogP contribution in [0.2, 0.25) is 58.6 Å². The van der Waals surface area contributed by atoms with Gasteiger partial charge < -0.3 is 67.5 Å². The van der Waals surface area contributed by atoms with Crippen molar-refractivity contribution in [3.63, 3.8) is 0 Å². The minimum absolute atomic E-state index is 0. The van der Waals surface area contributed by atoms with Crippen molar-refractivity contribution in [2.45, 2.75) is 277 Å². The van der Waals surface area contributed by atoms with Gasteiger partial charge in [0, 0.05) is 89.8 Å². The van der Waals surface area contributed by atoms with Gasteiger partial charge in [-0.15, -0.1) is 69.1 Å². The molecule has 0 spiro atoms. The summed E-state index contributed by atoms with van der Waals surface area (Å²) in [7, 11) is -0.406. The quantitative estimate of drug-likeness (QED) is 0.0336. The fourth-order valence-corrected chi connectivity index (χ4v) is 21.9. The van der Waals surface area contributed by atoms with E-state index in [1.165, 1.54) is 56.7 Å². The number of likely N-dealkylation sites (tertiary alicyclic amines) is 4. The Morgan fingerprint density at radius 2 is 0.833 bits per heavy atom. The summed E-state index contributed by atoms with van der Waals surface area (Å²) < 4.78 is 55.4. The number of aryl methyl sites for hydroxylation is 2. The van der Waals surface area contributed by atoms with E-state index in [4.69, 9.17) is 133 Å². The molecule has 0 bridgehead atoms. The number of halogens is 9. The number of nitrogens with zero attached hydrogens (tertiary/aromatic N) is 4. The molecule has 0 radical (unpaired) electrons. The van der Waals surface area contributed by atoms with E-state index in [2.05, 4.69) is 33.0 Å². The third-order valence-corrected chi connectivity index (χ3v) is 29.6. The van der Waals surface area contributed by atoms with Gasteiger partial charge in [0.15, 0.2) is 17.3 Å². The Bertz CT molecular complexity index is 4160. The monoisotopic (exact) mass is 2070 g/mol. The Morgan fingerprint density at radius 1 is 0.484 bits per heavy atom. The molecule has 11 rings (SSSR count). The van der Waals surface area contributed by atoms with E-state index in [1.54, 1.807) is 43.9 Å². The molecule has 5 aromatic heterocycles. The molecule has 6 aliphatic rings. The van der Waals surface area contributed by atoms with Crippen molar-refractivity contribution >= 4 is 231 Å². The van der Waals surface area contributed by atoms with Gasteiger partial charge in [0.25, 0.3) is 0 Å². The van der Waals surface area contributed by atoms with E-state index in [9.17, 15) is 43.5 Å². The summed E-state index contributed by atoms with van der Waals surface area (Å²) in [4.78, 5) is 110. The van der Waals surface area contributed by atoms with Gasteiger partial charge in [-0.2, -0.15) is 0 Å². The Labute approximate surface area is 819 Å². The van der Waals surface area contributed by atoms with Gasteiger partial charge >= 0.3 is 68.2 Å². The van der Waals surface area contributed by atoms with Crippen LogP contribution in [-0.2, 0) is 59.9 Å². The number of aliphatic hydroxyl groups excluding tert-OH is 1. The Balaban J connectivity index is 0.000000387. The topological polar surface area (TPSA) is 281 Å². The van der Waals surface area contributed by atoms with Crippen LogP contribution in [0.5, 0.6) is 0 Å². The van der Waals surface area contributed by atoms with Gasteiger partial charge in [0.05, 0.1) is 56.7 Å². The molecule has 6 aliphatic heterocycles. The van der Waals surface area contributed by atoms with E-state index in [-0.39, 0.29) is 91.7 Å². The third-order valence-electron chi connectivity index (χ3n) is 21.0. The maximum absolute atomic E-state index is 13.2. The number of ketones is 3. The molecular formula is C85H127B3Cl9MnN5O18S5. The molecule has 0 aliphatic carbocycles. The summed E-state index contributed by atoms with van der Waals surface area (Å²) in [6, 6.07) is 8.73. The van der Waals surface area contributed by atoms with Gasteiger partial charge in [-0.25, -0.2) is 19.2 Å². The van der Waals surface area contributed by atoms with Crippen LogP contribution in [0.3, 0.4) is 0 Å². The van der Waals surface area contributed by atoms with Crippen LogP contribution in [-0.4, -0.2) is 182 Å². The van der Waals surface area contributed by atoms with Crippen molar-refractivity contribution in [2.24, 2.45) is 27.1 Å². The van der Waals surface area contributed by atoms with E-state index in [0.717, 1.165) is 127 Å². The molecule has 6 unspecified atom stereocenters. The molecule has 709 valence electrons. The fourth-order valence-electron chi connectivity index (χ4n) is 15.5. The summed E-state index contributed by atoms with van der Waals surface area (Å²) in [6.45, 7) is 47.8. The zero-order valence-corrected chi connectivity index (χ0v) is 88.7. The average molecular weight is 2070 g/mol. The van der Waals surface area contributed by atoms with E-state index in [1.807, 2.05) is 136 Å².